The number of hydrazone groups is 1. The van der Waals surface area contributed by atoms with Gasteiger partial charge in [0.2, 0.25) is 5.76 Å². The summed E-state index contributed by atoms with van der Waals surface area (Å²) in [4.78, 5) is 23.2. The number of rotatable bonds is 9. The highest BCUT2D eigenvalue weighted by Crippen LogP contribution is 2.25. The minimum Gasteiger partial charge on any atom is -0.493 e. The summed E-state index contributed by atoms with van der Waals surface area (Å²) in [7, 11) is 1.53. The Kier molecular flexibility index (Phi) is 6.40. The molecule has 0 saturated heterocycles. The molecule has 4 aromatic rings. The fourth-order valence-electron chi connectivity index (χ4n) is 3.34. The summed E-state index contributed by atoms with van der Waals surface area (Å²) in [5, 5.41) is 14.0. The highest BCUT2D eigenvalue weighted by atomic mass is 16.5. The third-order valence-electron chi connectivity index (χ3n) is 4.84. The minimum absolute atomic E-state index is 0.110. The molecule has 2 aromatic carbocycles. The first-order valence-electron chi connectivity index (χ1n) is 10.0. The van der Waals surface area contributed by atoms with Crippen LogP contribution in [-0.2, 0) is 11.3 Å². The van der Waals surface area contributed by atoms with Gasteiger partial charge in [-0.05, 0) is 30.3 Å². The maximum Gasteiger partial charge on any atom is 0.371 e. The topological polar surface area (TPSA) is 115 Å². The van der Waals surface area contributed by atoms with Gasteiger partial charge in [0.15, 0.2) is 18.1 Å². The van der Waals surface area contributed by atoms with Crippen LogP contribution in [0, 0.1) is 0 Å². The van der Waals surface area contributed by atoms with E-state index in [-0.39, 0.29) is 12.4 Å². The van der Waals surface area contributed by atoms with Crippen LogP contribution in [0.5, 0.6) is 11.5 Å². The first kappa shape index (κ1) is 21.7. The van der Waals surface area contributed by atoms with Crippen molar-refractivity contribution in [3.8, 4) is 11.5 Å². The lowest BCUT2D eigenvalue weighted by atomic mass is 10.2. The third kappa shape index (κ3) is 5.04. The van der Waals surface area contributed by atoms with E-state index in [1.807, 2.05) is 41.1 Å². The van der Waals surface area contributed by atoms with E-state index in [4.69, 9.17) is 19.0 Å². The number of methoxy groups -OCH3 is 1. The summed E-state index contributed by atoms with van der Waals surface area (Å²) in [6.45, 7) is 0.130. The number of nitrogens with one attached hydrogen (secondary N) is 1. The SMILES string of the molecule is COc1ccccc1OCC(=O)N/N=C/c1cn(Cc2ccc(C(=O)O)o2)c2ccccc12. The molecule has 9 nitrogen and oxygen atoms in total. The number of carboxylic acid groups (broad SMARTS) is 1. The van der Waals surface area contributed by atoms with Gasteiger partial charge in [-0.15, -0.1) is 0 Å². The van der Waals surface area contributed by atoms with E-state index in [0.29, 0.717) is 23.8 Å². The molecule has 0 unspecified atom stereocenters. The maximum absolute atomic E-state index is 12.1. The van der Waals surface area contributed by atoms with Gasteiger partial charge in [0.25, 0.3) is 5.91 Å². The van der Waals surface area contributed by atoms with E-state index in [0.717, 1.165) is 16.5 Å². The smallest absolute Gasteiger partial charge is 0.371 e. The van der Waals surface area contributed by atoms with Gasteiger partial charge in [0.1, 0.15) is 5.76 Å². The zero-order valence-electron chi connectivity index (χ0n) is 17.7. The molecule has 2 heterocycles. The van der Waals surface area contributed by atoms with Gasteiger partial charge in [-0.1, -0.05) is 30.3 Å². The van der Waals surface area contributed by atoms with Crippen molar-refractivity contribution in [2.75, 3.05) is 13.7 Å². The van der Waals surface area contributed by atoms with Gasteiger partial charge in [-0.25, -0.2) is 10.2 Å². The Morgan fingerprint density at radius 2 is 1.85 bits per heavy atom. The van der Waals surface area contributed by atoms with E-state index in [2.05, 4.69) is 10.5 Å². The van der Waals surface area contributed by atoms with Crippen LogP contribution >= 0.6 is 0 Å². The lowest BCUT2D eigenvalue weighted by molar-refractivity contribution is -0.123. The number of fused-ring (bicyclic) bond motifs is 1. The van der Waals surface area contributed by atoms with Crippen molar-refractivity contribution in [2.24, 2.45) is 5.10 Å². The number of nitrogens with zero attached hydrogens (tertiary/aromatic N) is 2. The Balaban J connectivity index is 1.43. The maximum atomic E-state index is 12.1. The molecule has 0 bridgehead atoms. The Morgan fingerprint density at radius 3 is 2.61 bits per heavy atom. The Bertz CT molecular complexity index is 1320. The molecular weight excluding hydrogens is 426 g/mol. The third-order valence-corrected chi connectivity index (χ3v) is 4.84. The number of furan rings is 1. The van der Waals surface area contributed by atoms with Crippen molar-refractivity contribution in [3.63, 3.8) is 0 Å². The van der Waals surface area contributed by atoms with Gasteiger partial charge in [0, 0.05) is 22.7 Å². The van der Waals surface area contributed by atoms with Crippen LogP contribution in [0.2, 0.25) is 0 Å². The highest BCUT2D eigenvalue weighted by Gasteiger charge is 2.12. The molecule has 2 aromatic heterocycles. The molecule has 0 spiro atoms. The second-order valence-corrected chi connectivity index (χ2v) is 7.03. The van der Waals surface area contributed by atoms with E-state index >= 15 is 0 Å². The van der Waals surface area contributed by atoms with Gasteiger partial charge in [0.05, 0.1) is 19.9 Å². The number of aromatic nitrogens is 1. The molecule has 0 radical (unpaired) electrons. The van der Waals surface area contributed by atoms with Crippen LogP contribution < -0.4 is 14.9 Å². The second kappa shape index (κ2) is 9.73. The van der Waals surface area contributed by atoms with Crippen molar-refractivity contribution in [1.29, 1.82) is 0 Å². The van der Waals surface area contributed by atoms with Crippen LogP contribution in [0.25, 0.3) is 10.9 Å². The van der Waals surface area contributed by atoms with E-state index in [1.165, 1.54) is 13.2 Å². The van der Waals surface area contributed by atoms with Crippen LogP contribution in [0.1, 0.15) is 21.9 Å². The van der Waals surface area contributed by atoms with Crippen molar-refractivity contribution in [3.05, 3.63) is 83.9 Å². The molecule has 0 fully saturated rings. The summed E-state index contributed by atoms with van der Waals surface area (Å²) in [6, 6.07) is 17.8. The van der Waals surface area contributed by atoms with Crippen LogP contribution in [0.3, 0.4) is 0 Å². The summed E-state index contributed by atoms with van der Waals surface area (Å²) < 4.78 is 18.0. The van der Waals surface area contributed by atoms with Gasteiger partial charge in [-0.2, -0.15) is 5.10 Å². The lowest BCUT2D eigenvalue weighted by Crippen LogP contribution is -2.24. The molecule has 0 aliphatic rings. The first-order chi connectivity index (χ1) is 16.0. The molecule has 9 heteroatoms. The molecule has 33 heavy (non-hydrogen) atoms. The number of ether oxygens (including phenoxy) is 2. The van der Waals surface area contributed by atoms with E-state index in [1.54, 1.807) is 30.5 Å². The zero-order valence-corrected chi connectivity index (χ0v) is 17.7. The Hall–Kier alpha value is -4.53. The number of benzene rings is 2. The zero-order chi connectivity index (χ0) is 23.2. The number of para-hydroxylation sites is 3. The summed E-state index contributed by atoms with van der Waals surface area (Å²) in [5.74, 6) is -0.130. The summed E-state index contributed by atoms with van der Waals surface area (Å²) in [5.41, 5.74) is 4.14. The van der Waals surface area contributed by atoms with Gasteiger partial charge < -0.3 is 23.6 Å². The van der Waals surface area contributed by atoms with Crippen molar-refractivity contribution >= 4 is 29.0 Å². The summed E-state index contributed by atoms with van der Waals surface area (Å²) in [6.07, 6.45) is 3.40. The van der Waals surface area contributed by atoms with Crippen LogP contribution in [0.4, 0.5) is 0 Å². The molecule has 0 saturated carbocycles. The highest BCUT2D eigenvalue weighted by molar-refractivity contribution is 5.99. The molecule has 2 N–H and O–H groups in total. The van der Waals surface area contributed by atoms with Crippen molar-refractivity contribution in [2.45, 2.75) is 6.54 Å². The van der Waals surface area contributed by atoms with E-state index in [9.17, 15) is 9.59 Å². The number of hydrogen-bond donors (Lipinski definition) is 2. The standard InChI is InChI=1S/C24H21N3O6/c1-31-20-8-4-5-9-21(20)32-15-23(28)26-25-12-16-13-27(19-7-3-2-6-18(16)19)14-17-10-11-22(33-17)24(29)30/h2-13H,14-15H2,1H3,(H,26,28)(H,29,30)/b25-12+. The van der Waals surface area contributed by atoms with E-state index < -0.39 is 11.9 Å². The number of carbonyl (C=O) groups is 2. The van der Waals surface area contributed by atoms with Crippen LogP contribution in [-0.4, -0.2) is 41.5 Å². The molecule has 0 aliphatic carbocycles. The number of amides is 1. The number of aromatic carboxylic acids is 1. The Morgan fingerprint density at radius 1 is 1.09 bits per heavy atom. The predicted molar refractivity (Wildman–Crippen MR) is 121 cm³/mol. The minimum atomic E-state index is -1.11. The molecule has 4 rings (SSSR count). The largest absolute Gasteiger partial charge is 0.493 e. The monoisotopic (exact) mass is 447 g/mol. The normalized spacial score (nSPS) is 11.1. The summed E-state index contributed by atoms with van der Waals surface area (Å²) >= 11 is 0. The number of carbonyl (C=O) groups excluding carboxylic acids is 1. The number of carboxylic acids is 1. The Labute approximate surface area is 188 Å². The molecule has 0 atom stereocenters. The van der Waals surface area contributed by atoms with Crippen molar-refractivity contribution < 1.29 is 28.6 Å². The van der Waals surface area contributed by atoms with Crippen LogP contribution in [0.15, 0.2) is 76.4 Å². The van der Waals surface area contributed by atoms with Gasteiger partial charge in [-0.3, -0.25) is 4.79 Å². The number of hydrogen-bond acceptors (Lipinski definition) is 6. The second-order valence-electron chi connectivity index (χ2n) is 7.03. The van der Waals surface area contributed by atoms with Gasteiger partial charge >= 0.3 is 5.97 Å². The lowest BCUT2D eigenvalue weighted by Gasteiger charge is -2.09. The molecule has 0 aliphatic heterocycles. The fraction of sp³-hybridized carbons (Fsp3) is 0.125. The fourth-order valence-corrected chi connectivity index (χ4v) is 3.34. The molecule has 1 amide bonds. The molecule has 168 valence electrons. The average Bonchev–Trinajstić information content (AvgIpc) is 3.44. The quantitative estimate of drug-likeness (QED) is 0.300. The molecular formula is C24H21N3O6. The average molecular weight is 447 g/mol. The predicted octanol–water partition coefficient (Wildman–Crippen LogP) is 3.52. The first-order valence-corrected chi connectivity index (χ1v) is 10.0. The van der Waals surface area contributed by atoms with Crippen molar-refractivity contribution in [1.82, 2.24) is 9.99 Å².